The molecule has 6 nitrogen and oxygen atoms in total. The highest BCUT2D eigenvalue weighted by Crippen LogP contribution is 2.64. The first-order chi connectivity index (χ1) is 20.0. The van der Waals surface area contributed by atoms with Gasteiger partial charge in [-0.2, -0.15) is 0 Å². The van der Waals surface area contributed by atoms with Crippen molar-refractivity contribution in [1.29, 1.82) is 0 Å². The van der Waals surface area contributed by atoms with E-state index in [0.717, 1.165) is 54.9 Å². The minimum atomic E-state index is -0.531. The highest BCUT2D eigenvalue weighted by Gasteiger charge is 2.66. The second-order valence-electron chi connectivity index (χ2n) is 11.9. The first-order valence-electron chi connectivity index (χ1n) is 14.7. The van der Waals surface area contributed by atoms with Gasteiger partial charge in [-0.25, -0.2) is 0 Å². The number of amides is 1. The SMILES string of the molecule is COc1ccc2c3c1O[C@H]1[C@H](N(C)C(=O)C#Cc4ccccc4)CC[C@H]4[C@@H](C2)N(CC(O)c2ccccc2)CC[C@@]341. The number of benzene rings is 3. The number of aliphatic hydroxyl groups excluding tert-OH is 1. The number of rotatable bonds is 5. The van der Waals surface area contributed by atoms with Crippen molar-refractivity contribution < 1.29 is 19.4 Å². The molecule has 6 atom stereocenters. The van der Waals surface area contributed by atoms with Gasteiger partial charge in [0.15, 0.2) is 11.5 Å². The molecule has 1 unspecified atom stereocenters. The summed E-state index contributed by atoms with van der Waals surface area (Å²) in [5.74, 6) is 7.73. The molecule has 4 aliphatic rings. The van der Waals surface area contributed by atoms with Crippen molar-refractivity contribution in [2.45, 2.75) is 55.4 Å². The summed E-state index contributed by atoms with van der Waals surface area (Å²) in [5, 5.41) is 11.2. The van der Waals surface area contributed by atoms with Gasteiger partial charge >= 0.3 is 0 Å². The zero-order chi connectivity index (χ0) is 28.1. The quantitative estimate of drug-likeness (QED) is 0.481. The predicted octanol–water partition coefficient (Wildman–Crippen LogP) is 4.35. The average molecular weight is 549 g/mol. The molecule has 1 amide bonds. The van der Waals surface area contributed by atoms with Crippen LogP contribution in [-0.4, -0.2) is 66.2 Å². The molecule has 7 rings (SSSR count). The van der Waals surface area contributed by atoms with E-state index < -0.39 is 6.10 Å². The first kappa shape index (κ1) is 26.1. The lowest BCUT2D eigenvalue weighted by molar-refractivity contribution is -0.135. The van der Waals surface area contributed by atoms with E-state index in [4.69, 9.17) is 9.47 Å². The Morgan fingerprint density at radius 1 is 1.12 bits per heavy atom. The van der Waals surface area contributed by atoms with Gasteiger partial charge in [-0.3, -0.25) is 9.69 Å². The number of likely N-dealkylation sites (N-methyl/N-ethyl adjacent to an activating group) is 1. The van der Waals surface area contributed by atoms with Crippen LogP contribution in [0.1, 0.15) is 47.6 Å². The van der Waals surface area contributed by atoms with E-state index >= 15 is 0 Å². The van der Waals surface area contributed by atoms with Crippen LogP contribution < -0.4 is 9.47 Å². The molecule has 2 fully saturated rings. The summed E-state index contributed by atoms with van der Waals surface area (Å²) in [5.41, 5.74) is 4.20. The molecule has 1 saturated heterocycles. The Balaban J connectivity index is 1.22. The topological polar surface area (TPSA) is 62.2 Å². The summed E-state index contributed by atoms with van der Waals surface area (Å²) in [6.45, 7) is 1.49. The van der Waals surface area contributed by atoms with Gasteiger partial charge in [0.05, 0.1) is 19.3 Å². The van der Waals surface area contributed by atoms with Crippen molar-refractivity contribution in [3.05, 3.63) is 95.1 Å². The van der Waals surface area contributed by atoms with E-state index in [-0.39, 0.29) is 23.5 Å². The highest BCUT2D eigenvalue weighted by molar-refractivity contribution is 5.94. The van der Waals surface area contributed by atoms with E-state index in [0.29, 0.717) is 18.5 Å². The highest BCUT2D eigenvalue weighted by atomic mass is 16.5. The lowest BCUT2D eigenvalue weighted by atomic mass is 9.51. The summed E-state index contributed by atoms with van der Waals surface area (Å²) >= 11 is 0. The smallest absolute Gasteiger partial charge is 0.298 e. The third kappa shape index (κ3) is 4.14. The van der Waals surface area contributed by atoms with Crippen LogP contribution in [0.4, 0.5) is 0 Å². The van der Waals surface area contributed by atoms with Gasteiger partial charge in [0.25, 0.3) is 5.91 Å². The average Bonchev–Trinajstić information content (AvgIpc) is 3.36. The summed E-state index contributed by atoms with van der Waals surface area (Å²) in [6.07, 6.45) is 3.00. The van der Waals surface area contributed by atoms with Gasteiger partial charge in [0.2, 0.25) is 0 Å². The van der Waals surface area contributed by atoms with Crippen molar-refractivity contribution in [2.24, 2.45) is 5.92 Å². The van der Waals surface area contributed by atoms with Crippen LogP contribution in [0.5, 0.6) is 11.5 Å². The Bertz CT molecular complexity index is 1510. The van der Waals surface area contributed by atoms with E-state index in [9.17, 15) is 9.90 Å². The van der Waals surface area contributed by atoms with Gasteiger partial charge in [-0.15, -0.1) is 0 Å². The van der Waals surface area contributed by atoms with Crippen LogP contribution in [0, 0.1) is 17.8 Å². The number of piperidine rings is 1. The van der Waals surface area contributed by atoms with Crippen LogP contribution in [0.2, 0.25) is 0 Å². The molecule has 1 N–H and O–H groups in total. The molecule has 41 heavy (non-hydrogen) atoms. The van der Waals surface area contributed by atoms with Crippen LogP contribution in [0.3, 0.4) is 0 Å². The summed E-state index contributed by atoms with van der Waals surface area (Å²) in [7, 11) is 3.57. The summed E-state index contributed by atoms with van der Waals surface area (Å²) in [6, 6.07) is 24.0. The molecular formula is C35H36N2O4. The second kappa shape index (κ2) is 10.2. The Kier molecular flexibility index (Phi) is 6.53. The molecule has 3 aromatic carbocycles. The minimum absolute atomic E-state index is 0.0889. The fourth-order valence-electron chi connectivity index (χ4n) is 8.26. The largest absolute Gasteiger partial charge is 0.493 e. The number of carbonyl (C=O) groups is 1. The van der Waals surface area contributed by atoms with Crippen molar-refractivity contribution in [2.75, 3.05) is 27.2 Å². The van der Waals surface area contributed by atoms with Crippen molar-refractivity contribution >= 4 is 5.91 Å². The molecule has 2 aliphatic heterocycles. The lowest BCUT2D eigenvalue weighted by Gasteiger charge is -2.60. The molecule has 210 valence electrons. The van der Waals surface area contributed by atoms with Crippen LogP contribution in [-0.2, 0) is 16.6 Å². The van der Waals surface area contributed by atoms with Crippen LogP contribution in [0.15, 0.2) is 72.8 Å². The number of carbonyl (C=O) groups excluding carboxylic acids is 1. The van der Waals surface area contributed by atoms with E-state index in [2.05, 4.69) is 22.8 Å². The van der Waals surface area contributed by atoms with Crippen LogP contribution in [0.25, 0.3) is 0 Å². The molecule has 6 heteroatoms. The van der Waals surface area contributed by atoms with Crippen LogP contribution >= 0.6 is 0 Å². The monoisotopic (exact) mass is 548 g/mol. The first-order valence-corrected chi connectivity index (χ1v) is 14.7. The van der Waals surface area contributed by atoms with E-state index in [1.165, 1.54) is 11.1 Å². The Morgan fingerprint density at radius 2 is 1.88 bits per heavy atom. The normalized spacial score (nSPS) is 28.0. The number of β-amino-alcohol motifs (C(OH)–C–C–N with tert-alkyl or cyclic N) is 1. The van der Waals surface area contributed by atoms with E-state index in [1.54, 1.807) is 7.11 Å². The Hall–Kier alpha value is -3.79. The number of aliphatic hydroxyl groups is 1. The lowest BCUT2D eigenvalue weighted by Crippen LogP contribution is -2.69. The minimum Gasteiger partial charge on any atom is -0.493 e. The second-order valence-corrected chi connectivity index (χ2v) is 11.9. The Labute approximate surface area is 241 Å². The number of nitrogens with zero attached hydrogens (tertiary/aromatic N) is 2. The summed E-state index contributed by atoms with van der Waals surface area (Å²) in [4.78, 5) is 17.7. The molecule has 1 saturated carbocycles. The third-order valence-electron chi connectivity index (χ3n) is 10.1. The van der Waals surface area contributed by atoms with Crippen molar-refractivity contribution in [3.8, 4) is 23.3 Å². The maximum atomic E-state index is 13.4. The van der Waals surface area contributed by atoms with Gasteiger partial charge < -0.3 is 19.5 Å². The molecule has 2 heterocycles. The number of methoxy groups -OCH3 is 1. The van der Waals surface area contributed by atoms with Gasteiger partial charge in [0, 0.05) is 42.1 Å². The predicted molar refractivity (Wildman–Crippen MR) is 157 cm³/mol. The molecule has 2 aliphatic carbocycles. The fraction of sp³-hybridized carbons (Fsp3) is 0.400. The molecule has 1 spiro atoms. The molecule has 3 aromatic rings. The zero-order valence-corrected chi connectivity index (χ0v) is 23.6. The van der Waals surface area contributed by atoms with Crippen molar-refractivity contribution in [1.82, 2.24) is 9.80 Å². The number of likely N-dealkylation sites (tertiary alicyclic amines) is 1. The Morgan fingerprint density at radius 3 is 2.63 bits per heavy atom. The molecule has 0 aromatic heterocycles. The van der Waals surface area contributed by atoms with E-state index in [1.807, 2.05) is 78.7 Å². The maximum Gasteiger partial charge on any atom is 0.298 e. The molecular weight excluding hydrogens is 512 g/mol. The third-order valence-corrected chi connectivity index (χ3v) is 10.1. The molecule has 2 bridgehead atoms. The number of hydrogen-bond donors (Lipinski definition) is 1. The summed E-state index contributed by atoms with van der Waals surface area (Å²) < 4.78 is 12.7. The van der Waals surface area contributed by atoms with Gasteiger partial charge in [-0.1, -0.05) is 60.5 Å². The standard InChI is InChI=1S/C35H36N2O4/c1-36(31(39)18-13-23-9-5-3-6-10-23)27-16-15-26-28-21-25-14-17-30(40-2)33-32(25)35(26,34(27)41-33)19-20-37(28)22-29(38)24-11-7-4-8-12-24/h3-12,14,17,26-29,34,38H,15-16,19-22H2,1-2H3/t26-,27+,28+,29?,34-,35-/m0/s1. The van der Waals surface area contributed by atoms with Gasteiger partial charge in [0.1, 0.15) is 6.10 Å². The fourth-order valence-corrected chi connectivity index (χ4v) is 8.26. The zero-order valence-electron chi connectivity index (χ0n) is 23.6. The number of ether oxygens (including phenoxy) is 2. The molecule has 0 radical (unpaired) electrons. The maximum absolute atomic E-state index is 13.4. The number of hydrogen-bond acceptors (Lipinski definition) is 5. The van der Waals surface area contributed by atoms with Gasteiger partial charge in [-0.05, 0) is 67.5 Å². The van der Waals surface area contributed by atoms with Crippen molar-refractivity contribution in [3.63, 3.8) is 0 Å².